The molecule has 9 heteroatoms. The van der Waals surface area contributed by atoms with Gasteiger partial charge in [-0.25, -0.2) is 9.37 Å². The van der Waals surface area contributed by atoms with Crippen molar-refractivity contribution in [1.82, 2.24) is 24.8 Å². The average Bonchev–Trinajstić information content (AvgIpc) is 3.09. The minimum Gasteiger partial charge on any atom is -0.280 e. The molecule has 0 aliphatic heterocycles. The van der Waals surface area contributed by atoms with Crippen LogP contribution in [0.1, 0.15) is 15.4 Å². The number of thioether (sulfide) groups is 1. The zero-order valence-corrected chi connectivity index (χ0v) is 12.3. The summed E-state index contributed by atoms with van der Waals surface area (Å²) >= 11 is 1.94. The lowest BCUT2D eigenvalue weighted by molar-refractivity contribution is 0.109. The van der Waals surface area contributed by atoms with Gasteiger partial charge in [0.05, 0.1) is 5.69 Å². The van der Waals surface area contributed by atoms with Crippen LogP contribution in [-0.2, 0) is 0 Å². The van der Waals surface area contributed by atoms with Crippen LogP contribution in [0.25, 0.3) is 11.4 Å². The second-order valence-corrected chi connectivity index (χ2v) is 5.74. The third-order valence-electron chi connectivity index (χ3n) is 2.60. The summed E-state index contributed by atoms with van der Waals surface area (Å²) < 4.78 is 16.6. The Morgan fingerprint density at radius 2 is 2.10 bits per heavy atom. The van der Waals surface area contributed by atoms with E-state index in [4.69, 9.17) is 0 Å². The molecule has 3 rings (SSSR count). The minimum atomic E-state index is -0.323. The molecule has 0 saturated heterocycles. The first-order chi connectivity index (χ1) is 10.1. The smallest absolute Gasteiger partial charge is 0.240 e. The lowest BCUT2D eigenvalue weighted by atomic mass is 10.2. The van der Waals surface area contributed by atoms with E-state index in [-0.39, 0.29) is 10.9 Å². The third-order valence-corrected chi connectivity index (χ3v) is 4.31. The van der Waals surface area contributed by atoms with Gasteiger partial charge in [-0.1, -0.05) is 4.49 Å². The molecular weight excluding hydrogens is 313 g/mol. The molecule has 0 aliphatic rings. The van der Waals surface area contributed by atoms with Crippen LogP contribution in [0.2, 0.25) is 0 Å². The summed E-state index contributed by atoms with van der Waals surface area (Å²) in [6.07, 6.45) is 0. The third kappa shape index (κ3) is 2.98. The topological polar surface area (TPSA) is 84.4 Å². The summed E-state index contributed by atoms with van der Waals surface area (Å²) in [6.45, 7) is 1.72. The molecule has 0 spiro atoms. The number of nitrogens with zero attached hydrogens (tertiary/aromatic N) is 4. The van der Waals surface area contributed by atoms with Crippen LogP contribution < -0.4 is 0 Å². The highest BCUT2D eigenvalue weighted by Gasteiger charge is 2.17. The first kappa shape index (κ1) is 13.8. The number of carbonyl (C=O) groups is 1. The molecule has 2 heterocycles. The van der Waals surface area contributed by atoms with Gasteiger partial charge >= 0.3 is 0 Å². The number of aromatic nitrogens is 5. The van der Waals surface area contributed by atoms with Crippen LogP contribution in [0.4, 0.5) is 4.39 Å². The number of benzene rings is 1. The van der Waals surface area contributed by atoms with E-state index < -0.39 is 0 Å². The van der Waals surface area contributed by atoms with Crippen molar-refractivity contribution in [3.63, 3.8) is 0 Å². The molecule has 0 fully saturated rings. The Balaban J connectivity index is 1.78. The molecule has 0 saturated carbocycles. The summed E-state index contributed by atoms with van der Waals surface area (Å²) in [7, 11) is 0. The number of hydrogen-bond acceptors (Lipinski definition) is 7. The SMILES string of the molecule is Cc1nnsc1C(=O)Sc1n[nH]c(-c2ccc(F)cc2)n1. The maximum Gasteiger partial charge on any atom is 0.240 e. The molecule has 106 valence electrons. The van der Waals surface area contributed by atoms with Crippen LogP contribution in [0, 0.1) is 12.7 Å². The van der Waals surface area contributed by atoms with Gasteiger partial charge in [-0.05, 0) is 54.5 Å². The van der Waals surface area contributed by atoms with Crippen molar-refractivity contribution in [3.05, 3.63) is 40.7 Å². The Morgan fingerprint density at radius 3 is 2.76 bits per heavy atom. The van der Waals surface area contributed by atoms with Gasteiger partial charge in [0, 0.05) is 5.56 Å². The van der Waals surface area contributed by atoms with Crippen LogP contribution in [0.15, 0.2) is 29.4 Å². The van der Waals surface area contributed by atoms with Gasteiger partial charge in [-0.15, -0.1) is 10.2 Å². The number of H-pyrrole nitrogens is 1. The number of carbonyl (C=O) groups excluding carboxylic acids is 1. The molecule has 1 aromatic carbocycles. The van der Waals surface area contributed by atoms with Gasteiger partial charge in [-0.3, -0.25) is 9.89 Å². The lowest BCUT2D eigenvalue weighted by Gasteiger charge is -1.94. The number of halogens is 1. The van der Waals surface area contributed by atoms with E-state index >= 15 is 0 Å². The zero-order chi connectivity index (χ0) is 14.8. The van der Waals surface area contributed by atoms with Crippen molar-refractivity contribution in [2.75, 3.05) is 0 Å². The Morgan fingerprint density at radius 1 is 1.33 bits per heavy atom. The predicted octanol–water partition coefficient (Wildman–Crippen LogP) is 2.70. The first-order valence-corrected chi connectivity index (χ1v) is 7.42. The summed E-state index contributed by atoms with van der Waals surface area (Å²) in [6, 6.07) is 5.84. The Bertz CT molecular complexity index is 783. The number of aromatic amines is 1. The zero-order valence-electron chi connectivity index (χ0n) is 10.7. The van der Waals surface area contributed by atoms with E-state index in [1.807, 2.05) is 0 Å². The number of aryl methyl sites for hydroxylation is 1. The van der Waals surface area contributed by atoms with E-state index in [1.54, 1.807) is 19.1 Å². The molecule has 0 amide bonds. The van der Waals surface area contributed by atoms with E-state index in [9.17, 15) is 9.18 Å². The molecule has 6 nitrogen and oxygen atoms in total. The molecule has 2 aromatic heterocycles. The summed E-state index contributed by atoms with van der Waals surface area (Å²) in [5.74, 6) is 0.153. The highest BCUT2D eigenvalue weighted by atomic mass is 32.2. The molecule has 0 unspecified atom stereocenters. The largest absolute Gasteiger partial charge is 0.280 e. The van der Waals surface area contributed by atoms with Crippen molar-refractivity contribution >= 4 is 28.4 Å². The second kappa shape index (κ2) is 5.70. The van der Waals surface area contributed by atoms with Gasteiger partial charge in [0.25, 0.3) is 0 Å². The standard InChI is InChI=1S/C12H8FN5OS2/c1-6-9(21-18-15-6)11(19)20-12-14-10(16-17-12)7-2-4-8(13)5-3-7/h2-5H,1H3,(H,14,16,17). The van der Waals surface area contributed by atoms with E-state index in [1.165, 1.54) is 12.1 Å². The minimum absolute atomic E-state index is 0.202. The summed E-state index contributed by atoms with van der Waals surface area (Å²) in [5, 5.41) is 10.6. The highest BCUT2D eigenvalue weighted by Crippen LogP contribution is 2.24. The van der Waals surface area contributed by atoms with Gasteiger partial charge in [-0.2, -0.15) is 0 Å². The average molecular weight is 321 g/mol. The van der Waals surface area contributed by atoms with Gasteiger partial charge in [0.1, 0.15) is 10.7 Å². The normalized spacial score (nSPS) is 10.8. The highest BCUT2D eigenvalue weighted by molar-refractivity contribution is 8.14. The molecule has 3 aromatic rings. The molecule has 0 bridgehead atoms. The fourth-order valence-electron chi connectivity index (χ4n) is 1.58. The van der Waals surface area contributed by atoms with Crippen LogP contribution in [-0.4, -0.2) is 29.9 Å². The van der Waals surface area contributed by atoms with Gasteiger partial charge in [0.15, 0.2) is 5.82 Å². The fourth-order valence-corrected chi connectivity index (χ4v) is 2.94. The molecule has 0 atom stereocenters. The molecule has 21 heavy (non-hydrogen) atoms. The van der Waals surface area contributed by atoms with Crippen LogP contribution in [0.3, 0.4) is 0 Å². The molecule has 0 radical (unpaired) electrons. The van der Waals surface area contributed by atoms with Gasteiger partial charge in [0.2, 0.25) is 10.3 Å². The van der Waals surface area contributed by atoms with Crippen molar-refractivity contribution < 1.29 is 9.18 Å². The van der Waals surface area contributed by atoms with E-state index in [0.29, 0.717) is 27.1 Å². The maximum atomic E-state index is 12.9. The maximum absolute atomic E-state index is 12.9. The summed E-state index contributed by atoms with van der Waals surface area (Å²) in [4.78, 5) is 16.7. The molecule has 0 aliphatic carbocycles. The second-order valence-electron chi connectivity index (χ2n) is 4.05. The van der Waals surface area contributed by atoms with Crippen LogP contribution >= 0.6 is 23.3 Å². The Hall–Kier alpha value is -2.13. The van der Waals surface area contributed by atoms with E-state index in [0.717, 1.165) is 23.3 Å². The lowest BCUT2D eigenvalue weighted by Crippen LogP contribution is -1.93. The number of hydrogen-bond donors (Lipinski definition) is 1. The fraction of sp³-hybridized carbons (Fsp3) is 0.0833. The number of rotatable bonds is 3. The Kier molecular flexibility index (Phi) is 3.76. The van der Waals surface area contributed by atoms with Gasteiger partial charge < -0.3 is 0 Å². The Labute approximate surface area is 127 Å². The number of nitrogens with one attached hydrogen (secondary N) is 1. The molecular formula is C12H8FN5OS2. The van der Waals surface area contributed by atoms with Crippen molar-refractivity contribution in [2.45, 2.75) is 12.1 Å². The first-order valence-electron chi connectivity index (χ1n) is 5.83. The van der Waals surface area contributed by atoms with Crippen molar-refractivity contribution in [1.29, 1.82) is 0 Å². The quantitative estimate of drug-likeness (QED) is 0.747. The summed E-state index contributed by atoms with van der Waals surface area (Å²) in [5.41, 5.74) is 1.28. The predicted molar refractivity (Wildman–Crippen MR) is 76.6 cm³/mol. The van der Waals surface area contributed by atoms with E-state index in [2.05, 4.69) is 24.8 Å². The van der Waals surface area contributed by atoms with Crippen LogP contribution in [0.5, 0.6) is 0 Å². The monoisotopic (exact) mass is 321 g/mol. The van der Waals surface area contributed by atoms with Crippen molar-refractivity contribution in [3.8, 4) is 11.4 Å². The molecule has 1 N–H and O–H groups in total. The van der Waals surface area contributed by atoms with Crippen molar-refractivity contribution in [2.24, 2.45) is 0 Å².